The molecule has 6 rings (SSSR count). The number of morpholine rings is 1. The van der Waals surface area contributed by atoms with Crippen LogP contribution in [-0.4, -0.2) is 72.1 Å². The number of nitrogens with zero attached hydrogens (tertiary/aromatic N) is 3. The van der Waals surface area contributed by atoms with Gasteiger partial charge in [0.15, 0.2) is 0 Å². The standard InChI is InChI=1S/C32H35N3O4/c1-23-6-2-5-9-30(23)39-32(37)34-13-12-24-10-11-26(18-28(24)20-34)31(36)35-21-27-8-4-3-7-25(27)19-29(35)22-33-14-16-38-17-15-33/h2-11,18,29H,12-17,19-22H2,1H3/t29-/m0/s1. The lowest BCUT2D eigenvalue weighted by Gasteiger charge is -2.40. The Morgan fingerprint density at radius 1 is 0.872 bits per heavy atom. The predicted molar refractivity (Wildman–Crippen MR) is 149 cm³/mol. The van der Waals surface area contributed by atoms with Gasteiger partial charge in [-0.05, 0) is 65.8 Å². The number of carbonyl (C=O) groups is 2. The van der Waals surface area contributed by atoms with Crippen molar-refractivity contribution in [3.63, 3.8) is 0 Å². The highest BCUT2D eigenvalue weighted by atomic mass is 16.6. The zero-order chi connectivity index (χ0) is 26.8. The molecule has 3 aliphatic rings. The molecule has 0 radical (unpaired) electrons. The quantitative estimate of drug-likeness (QED) is 0.504. The first kappa shape index (κ1) is 25.6. The van der Waals surface area contributed by atoms with Gasteiger partial charge in [0.25, 0.3) is 5.91 Å². The van der Waals surface area contributed by atoms with Crippen LogP contribution in [-0.2, 0) is 30.7 Å². The Balaban J connectivity index is 1.21. The molecule has 3 aromatic rings. The molecule has 1 fully saturated rings. The van der Waals surface area contributed by atoms with Crippen molar-refractivity contribution >= 4 is 12.0 Å². The Morgan fingerprint density at radius 2 is 1.64 bits per heavy atom. The normalized spacial score (nSPS) is 19.3. The molecular weight excluding hydrogens is 490 g/mol. The van der Waals surface area contributed by atoms with Gasteiger partial charge in [0.2, 0.25) is 0 Å². The molecule has 1 saturated heterocycles. The van der Waals surface area contributed by atoms with Gasteiger partial charge in [-0.1, -0.05) is 48.5 Å². The van der Waals surface area contributed by atoms with Crippen molar-refractivity contribution in [2.75, 3.05) is 39.4 Å². The van der Waals surface area contributed by atoms with E-state index in [4.69, 9.17) is 9.47 Å². The number of carbonyl (C=O) groups excluding carboxylic acids is 2. The molecule has 1 atom stereocenters. The summed E-state index contributed by atoms with van der Waals surface area (Å²) in [5, 5.41) is 0. The Morgan fingerprint density at radius 3 is 2.46 bits per heavy atom. The fraction of sp³-hybridized carbons (Fsp3) is 0.375. The topological polar surface area (TPSA) is 62.3 Å². The summed E-state index contributed by atoms with van der Waals surface area (Å²) in [6.45, 7) is 7.67. The minimum absolute atomic E-state index is 0.0465. The van der Waals surface area contributed by atoms with Crippen LogP contribution < -0.4 is 4.74 Å². The van der Waals surface area contributed by atoms with E-state index in [1.54, 1.807) is 4.90 Å². The number of amides is 2. The fourth-order valence-electron chi connectivity index (χ4n) is 5.91. The van der Waals surface area contributed by atoms with E-state index < -0.39 is 0 Å². The van der Waals surface area contributed by atoms with Crippen molar-refractivity contribution in [1.29, 1.82) is 0 Å². The Hall–Kier alpha value is -3.68. The van der Waals surface area contributed by atoms with Crippen LogP contribution in [0.25, 0.3) is 0 Å². The summed E-state index contributed by atoms with van der Waals surface area (Å²) < 4.78 is 11.2. The summed E-state index contributed by atoms with van der Waals surface area (Å²) in [6.07, 6.45) is 1.23. The summed E-state index contributed by atoms with van der Waals surface area (Å²) >= 11 is 0. The summed E-state index contributed by atoms with van der Waals surface area (Å²) in [7, 11) is 0. The van der Waals surface area contributed by atoms with E-state index >= 15 is 0 Å². The second kappa shape index (κ2) is 11.2. The second-order valence-electron chi connectivity index (χ2n) is 10.8. The number of ether oxygens (including phenoxy) is 2. The van der Waals surface area contributed by atoms with E-state index in [0.717, 1.165) is 56.8 Å². The molecule has 0 aliphatic carbocycles. The van der Waals surface area contributed by atoms with E-state index in [1.807, 2.05) is 54.3 Å². The molecule has 0 N–H and O–H groups in total. The first-order valence-corrected chi connectivity index (χ1v) is 13.9. The minimum atomic E-state index is -0.357. The minimum Gasteiger partial charge on any atom is -0.410 e. The molecule has 3 aliphatic heterocycles. The van der Waals surface area contributed by atoms with Crippen molar-refractivity contribution in [3.05, 3.63) is 100 Å². The maximum absolute atomic E-state index is 14.0. The number of benzene rings is 3. The lowest BCUT2D eigenvalue weighted by Crippen LogP contribution is -2.52. The number of hydrogen-bond donors (Lipinski definition) is 0. The molecule has 7 nitrogen and oxygen atoms in total. The van der Waals surface area contributed by atoms with Crippen molar-refractivity contribution < 1.29 is 19.1 Å². The maximum atomic E-state index is 14.0. The number of para-hydroxylation sites is 1. The number of rotatable bonds is 4. The second-order valence-corrected chi connectivity index (χ2v) is 10.8. The number of hydrogen-bond acceptors (Lipinski definition) is 5. The molecule has 0 spiro atoms. The van der Waals surface area contributed by atoms with Crippen molar-refractivity contribution in [3.8, 4) is 5.75 Å². The van der Waals surface area contributed by atoms with Crippen LogP contribution in [0.5, 0.6) is 5.75 Å². The molecule has 39 heavy (non-hydrogen) atoms. The Kier molecular flexibility index (Phi) is 7.35. The van der Waals surface area contributed by atoms with E-state index in [-0.39, 0.29) is 18.0 Å². The smallest absolute Gasteiger partial charge is 0.410 e. The number of aryl methyl sites for hydroxylation is 1. The van der Waals surface area contributed by atoms with Crippen LogP contribution in [0.15, 0.2) is 66.7 Å². The van der Waals surface area contributed by atoms with Crippen LogP contribution in [0.2, 0.25) is 0 Å². The van der Waals surface area contributed by atoms with E-state index in [0.29, 0.717) is 30.9 Å². The highest BCUT2D eigenvalue weighted by Crippen LogP contribution is 2.28. The van der Waals surface area contributed by atoms with Gasteiger partial charge in [-0.15, -0.1) is 0 Å². The lowest BCUT2D eigenvalue weighted by molar-refractivity contribution is 0.0193. The maximum Gasteiger partial charge on any atom is 0.415 e. The molecule has 0 bridgehead atoms. The summed E-state index contributed by atoms with van der Waals surface area (Å²) in [6, 6.07) is 22.1. The zero-order valence-corrected chi connectivity index (χ0v) is 22.5. The molecule has 3 heterocycles. The van der Waals surface area contributed by atoms with Crippen molar-refractivity contribution in [1.82, 2.24) is 14.7 Å². The average Bonchev–Trinajstić information content (AvgIpc) is 2.97. The van der Waals surface area contributed by atoms with Gasteiger partial charge in [0, 0.05) is 50.9 Å². The van der Waals surface area contributed by atoms with Gasteiger partial charge in [-0.2, -0.15) is 0 Å². The van der Waals surface area contributed by atoms with E-state index in [9.17, 15) is 9.59 Å². The molecule has 202 valence electrons. The molecule has 0 unspecified atom stereocenters. The third kappa shape index (κ3) is 5.56. The van der Waals surface area contributed by atoms with Gasteiger partial charge in [-0.25, -0.2) is 4.79 Å². The fourth-order valence-corrected chi connectivity index (χ4v) is 5.91. The first-order valence-electron chi connectivity index (χ1n) is 13.9. The average molecular weight is 526 g/mol. The zero-order valence-electron chi connectivity index (χ0n) is 22.5. The first-order chi connectivity index (χ1) is 19.0. The molecule has 3 aromatic carbocycles. The summed E-state index contributed by atoms with van der Waals surface area (Å²) in [5.41, 5.74) is 6.33. The van der Waals surface area contributed by atoms with Crippen LogP contribution >= 0.6 is 0 Å². The van der Waals surface area contributed by atoms with E-state index in [2.05, 4.69) is 29.2 Å². The SMILES string of the molecule is Cc1ccccc1OC(=O)N1CCc2ccc(C(=O)N3Cc4ccccc4C[C@H]3CN3CCOCC3)cc2C1. The van der Waals surface area contributed by atoms with E-state index in [1.165, 1.54) is 16.7 Å². The van der Waals surface area contributed by atoms with Crippen LogP contribution in [0, 0.1) is 6.92 Å². The van der Waals surface area contributed by atoms with Gasteiger partial charge >= 0.3 is 6.09 Å². The monoisotopic (exact) mass is 525 g/mol. The predicted octanol–water partition coefficient (Wildman–Crippen LogP) is 4.45. The van der Waals surface area contributed by atoms with Gasteiger partial charge < -0.3 is 19.3 Å². The molecule has 7 heteroatoms. The van der Waals surface area contributed by atoms with Crippen LogP contribution in [0.1, 0.15) is 38.2 Å². The molecular formula is C32H35N3O4. The van der Waals surface area contributed by atoms with Crippen LogP contribution in [0.3, 0.4) is 0 Å². The highest BCUT2D eigenvalue weighted by Gasteiger charge is 2.33. The number of fused-ring (bicyclic) bond motifs is 2. The van der Waals surface area contributed by atoms with Crippen molar-refractivity contribution in [2.45, 2.75) is 38.9 Å². The largest absolute Gasteiger partial charge is 0.415 e. The molecule has 2 amide bonds. The lowest BCUT2D eigenvalue weighted by atomic mass is 9.92. The highest BCUT2D eigenvalue weighted by molar-refractivity contribution is 5.95. The van der Waals surface area contributed by atoms with Gasteiger partial charge in [0.05, 0.1) is 13.2 Å². The van der Waals surface area contributed by atoms with Crippen molar-refractivity contribution in [2.24, 2.45) is 0 Å². The Bertz CT molecular complexity index is 1370. The Labute approximate surface area is 229 Å². The molecule has 0 aromatic heterocycles. The third-order valence-corrected chi connectivity index (χ3v) is 8.20. The van der Waals surface area contributed by atoms with Gasteiger partial charge in [0.1, 0.15) is 5.75 Å². The van der Waals surface area contributed by atoms with Gasteiger partial charge in [-0.3, -0.25) is 9.69 Å². The van der Waals surface area contributed by atoms with Crippen LogP contribution in [0.4, 0.5) is 4.79 Å². The summed E-state index contributed by atoms with van der Waals surface area (Å²) in [5.74, 6) is 0.624. The molecule has 0 saturated carbocycles. The third-order valence-electron chi connectivity index (χ3n) is 8.20. The summed E-state index contributed by atoms with van der Waals surface area (Å²) in [4.78, 5) is 33.2.